The second-order valence-corrected chi connectivity index (χ2v) is 9.72. The molecule has 3 atom stereocenters. The van der Waals surface area contributed by atoms with E-state index >= 15 is 0 Å². The molecule has 3 unspecified atom stereocenters. The molecule has 0 saturated carbocycles. The number of cyclic esters (lactones) is 2. The maximum Gasteiger partial charge on any atom is 0.340 e. The maximum absolute atomic E-state index is 13.3. The largest absolute Gasteiger partial charge is 0.422 e. The van der Waals surface area contributed by atoms with E-state index in [1.807, 2.05) is 37.3 Å². The minimum absolute atomic E-state index is 0.141. The van der Waals surface area contributed by atoms with Crippen LogP contribution < -0.4 is 16.2 Å². The Morgan fingerprint density at radius 2 is 1.62 bits per heavy atom. The van der Waals surface area contributed by atoms with Gasteiger partial charge in [0.05, 0.1) is 11.5 Å². The number of benzene rings is 2. The number of hydrogen-bond acceptors (Lipinski definition) is 8. The van der Waals surface area contributed by atoms with Crippen LogP contribution in [0.15, 0.2) is 60.9 Å². The molecule has 0 N–H and O–H groups in total. The van der Waals surface area contributed by atoms with Crippen LogP contribution in [0, 0.1) is 12.8 Å². The third-order valence-electron chi connectivity index (χ3n) is 7.74. The molecular formula is C29H25NO7. The van der Waals surface area contributed by atoms with E-state index in [1.165, 1.54) is 0 Å². The SMILES string of the molecule is CCN(CC)c1ccc2cc(C3Cc4c(c(=O)oc5cc(C)ccc45)C4C(=O)OC(=O)C34)c(=O)oc2c1. The molecule has 1 aliphatic carbocycles. The summed E-state index contributed by atoms with van der Waals surface area (Å²) < 4.78 is 16.3. The van der Waals surface area contributed by atoms with Gasteiger partial charge in [-0.05, 0) is 62.6 Å². The minimum Gasteiger partial charge on any atom is -0.422 e. The van der Waals surface area contributed by atoms with Crippen molar-refractivity contribution in [2.24, 2.45) is 5.92 Å². The summed E-state index contributed by atoms with van der Waals surface area (Å²) in [7, 11) is 0. The summed E-state index contributed by atoms with van der Waals surface area (Å²) in [6.45, 7) is 7.62. The quantitative estimate of drug-likeness (QED) is 0.234. The van der Waals surface area contributed by atoms with Crippen molar-refractivity contribution in [3.8, 4) is 0 Å². The molecule has 6 rings (SSSR count). The van der Waals surface area contributed by atoms with Crippen LogP contribution in [0.1, 0.15) is 47.9 Å². The Bertz CT molecular complexity index is 1730. The van der Waals surface area contributed by atoms with E-state index in [0.717, 1.165) is 24.3 Å². The standard InChI is InChI=1S/C29H25NO7/c1-4-30(5-2)16-8-7-15-11-20(26(31)35-21(15)12-16)19-13-18-17-9-6-14(3)10-22(17)36-27(32)23(18)25-24(19)28(33)37-29(25)34/h6-12,19,24-25H,4-5,13H2,1-3H3. The number of ether oxygens (including phenoxy) is 1. The Balaban J connectivity index is 1.55. The fourth-order valence-corrected chi connectivity index (χ4v) is 5.94. The summed E-state index contributed by atoms with van der Waals surface area (Å²) in [5, 5.41) is 1.38. The van der Waals surface area contributed by atoms with Crippen molar-refractivity contribution in [3.63, 3.8) is 0 Å². The first-order valence-corrected chi connectivity index (χ1v) is 12.4. The second-order valence-electron chi connectivity index (χ2n) is 9.72. The predicted octanol–water partition coefficient (Wildman–Crippen LogP) is 4.18. The second kappa shape index (κ2) is 8.44. The molecule has 2 aliphatic rings. The van der Waals surface area contributed by atoms with Crippen molar-refractivity contribution >= 4 is 39.6 Å². The van der Waals surface area contributed by atoms with Gasteiger partial charge in [0.15, 0.2) is 0 Å². The highest BCUT2D eigenvalue weighted by molar-refractivity contribution is 6.02. The Morgan fingerprint density at radius 3 is 2.38 bits per heavy atom. The molecule has 3 heterocycles. The molecule has 8 nitrogen and oxygen atoms in total. The molecular weight excluding hydrogens is 474 g/mol. The number of hydrogen-bond donors (Lipinski definition) is 0. The normalized spacial score (nSPS) is 20.7. The van der Waals surface area contributed by atoms with Gasteiger partial charge in [-0.15, -0.1) is 0 Å². The highest BCUT2D eigenvalue weighted by Crippen LogP contribution is 2.49. The van der Waals surface area contributed by atoms with Crippen LogP contribution in [0.2, 0.25) is 0 Å². The Morgan fingerprint density at radius 1 is 0.865 bits per heavy atom. The number of nitrogens with zero attached hydrogens (tertiary/aromatic N) is 1. The highest BCUT2D eigenvalue weighted by Gasteiger charge is 2.55. The van der Waals surface area contributed by atoms with E-state index in [1.54, 1.807) is 12.1 Å². The molecule has 0 amide bonds. The number of anilines is 1. The number of carbonyl (C=O) groups excluding carboxylic acids is 2. The molecule has 4 aromatic rings. The maximum atomic E-state index is 13.3. The summed E-state index contributed by atoms with van der Waals surface area (Å²) >= 11 is 0. The van der Waals surface area contributed by atoms with Crippen molar-refractivity contribution in [1.29, 1.82) is 0 Å². The van der Waals surface area contributed by atoms with Crippen LogP contribution in [-0.2, 0) is 20.7 Å². The fourth-order valence-electron chi connectivity index (χ4n) is 5.94. The van der Waals surface area contributed by atoms with Crippen LogP contribution >= 0.6 is 0 Å². The molecule has 188 valence electrons. The molecule has 0 radical (unpaired) electrons. The first kappa shape index (κ1) is 23.2. The lowest BCUT2D eigenvalue weighted by molar-refractivity contribution is -0.153. The summed E-state index contributed by atoms with van der Waals surface area (Å²) in [5.41, 5.74) is 2.47. The summed E-state index contributed by atoms with van der Waals surface area (Å²) in [6, 6.07) is 12.9. The van der Waals surface area contributed by atoms with Gasteiger partial charge in [-0.3, -0.25) is 9.59 Å². The van der Waals surface area contributed by atoms with Crippen LogP contribution in [0.3, 0.4) is 0 Å². The average Bonchev–Trinajstić information content (AvgIpc) is 3.17. The van der Waals surface area contributed by atoms with E-state index in [2.05, 4.69) is 18.7 Å². The van der Waals surface area contributed by atoms with Gasteiger partial charge in [0.25, 0.3) is 0 Å². The fraction of sp³-hybridized carbons (Fsp3) is 0.310. The molecule has 2 aromatic heterocycles. The summed E-state index contributed by atoms with van der Waals surface area (Å²) in [4.78, 5) is 54.2. The van der Waals surface area contributed by atoms with Crippen LogP contribution in [-0.4, -0.2) is 25.0 Å². The monoisotopic (exact) mass is 499 g/mol. The summed E-state index contributed by atoms with van der Waals surface area (Å²) in [6.07, 6.45) is 0.192. The van der Waals surface area contributed by atoms with Crippen LogP contribution in [0.5, 0.6) is 0 Å². The molecule has 2 aromatic carbocycles. The van der Waals surface area contributed by atoms with E-state index < -0.39 is 40.9 Å². The zero-order chi connectivity index (χ0) is 26.0. The number of aryl methyl sites for hydroxylation is 1. The van der Waals surface area contributed by atoms with Gasteiger partial charge in [-0.25, -0.2) is 9.59 Å². The van der Waals surface area contributed by atoms with Crippen molar-refractivity contribution < 1.29 is 23.2 Å². The Hall–Kier alpha value is -4.20. The smallest absolute Gasteiger partial charge is 0.340 e. The van der Waals surface area contributed by atoms with Crippen molar-refractivity contribution in [3.05, 3.63) is 85.6 Å². The number of carbonyl (C=O) groups is 2. The first-order valence-electron chi connectivity index (χ1n) is 12.4. The van der Waals surface area contributed by atoms with E-state index in [9.17, 15) is 19.2 Å². The van der Waals surface area contributed by atoms with Crippen molar-refractivity contribution in [1.82, 2.24) is 0 Å². The minimum atomic E-state index is -1.14. The topological polar surface area (TPSA) is 107 Å². The average molecular weight is 500 g/mol. The predicted molar refractivity (Wildman–Crippen MR) is 137 cm³/mol. The van der Waals surface area contributed by atoms with Crippen LogP contribution in [0.4, 0.5) is 5.69 Å². The summed E-state index contributed by atoms with van der Waals surface area (Å²) in [5.74, 6) is -4.39. The zero-order valence-electron chi connectivity index (χ0n) is 20.7. The van der Waals surface area contributed by atoms with Gasteiger partial charge in [0.1, 0.15) is 17.1 Å². The van der Waals surface area contributed by atoms with E-state index in [-0.39, 0.29) is 17.5 Å². The Kier molecular flexibility index (Phi) is 5.29. The molecule has 0 bridgehead atoms. The van der Waals surface area contributed by atoms with Gasteiger partial charge in [-0.2, -0.15) is 0 Å². The van der Waals surface area contributed by atoms with Gasteiger partial charge in [-0.1, -0.05) is 12.1 Å². The van der Waals surface area contributed by atoms with Gasteiger partial charge in [0.2, 0.25) is 0 Å². The van der Waals surface area contributed by atoms with Gasteiger partial charge >= 0.3 is 23.2 Å². The number of esters is 2. The number of fused-ring (bicyclic) bond motifs is 6. The molecule has 1 aliphatic heterocycles. The van der Waals surface area contributed by atoms with E-state index in [4.69, 9.17) is 13.6 Å². The molecule has 37 heavy (non-hydrogen) atoms. The molecule has 1 fully saturated rings. The molecule has 1 saturated heterocycles. The van der Waals surface area contributed by atoms with E-state index in [0.29, 0.717) is 27.5 Å². The van der Waals surface area contributed by atoms with Crippen molar-refractivity contribution in [2.75, 3.05) is 18.0 Å². The third kappa shape index (κ3) is 3.50. The Labute approximate surface area is 211 Å². The highest BCUT2D eigenvalue weighted by atomic mass is 16.6. The lowest BCUT2D eigenvalue weighted by Crippen LogP contribution is -2.36. The van der Waals surface area contributed by atoms with Crippen LogP contribution in [0.25, 0.3) is 21.9 Å². The third-order valence-corrected chi connectivity index (χ3v) is 7.74. The lowest BCUT2D eigenvalue weighted by Gasteiger charge is -2.31. The lowest BCUT2D eigenvalue weighted by atomic mass is 9.67. The van der Waals surface area contributed by atoms with Gasteiger partial charge < -0.3 is 18.5 Å². The first-order chi connectivity index (χ1) is 17.8. The van der Waals surface area contributed by atoms with Gasteiger partial charge in [0, 0.05) is 47.1 Å². The zero-order valence-corrected chi connectivity index (χ0v) is 20.7. The molecule has 8 heteroatoms. The number of rotatable bonds is 4. The van der Waals surface area contributed by atoms with Crippen molar-refractivity contribution in [2.45, 2.75) is 39.0 Å². The molecule has 0 spiro atoms.